The van der Waals surface area contributed by atoms with E-state index in [-0.39, 0.29) is 5.56 Å². The average Bonchev–Trinajstić information content (AvgIpc) is 3.03. The Balaban J connectivity index is 2.27. The molecule has 146 valence electrons. The van der Waals surface area contributed by atoms with Crippen LogP contribution in [0.5, 0.6) is 17.2 Å². The number of rotatable bonds is 6. The molecule has 1 N–H and O–H groups in total. The predicted octanol–water partition coefficient (Wildman–Crippen LogP) is 2.21. The molecule has 0 fully saturated rings. The lowest BCUT2D eigenvalue weighted by atomic mass is 10.1. The van der Waals surface area contributed by atoms with Gasteiger partial charge < -0.3 is 14.2 Å². The number of hydrogen-bond acceptors (Lipinski definition) is 4. The summed E-state index contributed by atoms with van der Waals surface area (Å²) in [4.78, 5) is 13.1. The van der Waals surface area contributed by atoms with E-state index in [1.165, 1.54) is 0 Å². The van der Waals surface area contributed by atoms with Crippen molar-refractivity contribution in [1.82, 2.24) is 9.78 Å². The predicted molar refractivity (Wildman–Crippen MR) is 110 cm³/mol. The minimum Gasteiger partial charge on any atom is -0.493 e. The van der Waals surface area contributed by atoms with Crippen LogP contribution < -0.4 is 30.3 Å². The maximum Gasteiger partial charge on any atom is 0.279 e. The van der Waals surface area contributed by atoms with Crippen molar-refractivity contribution in [3.8, 4) is 22.9 Å². The highest BCUT2D eigenvalue weighted by Crippen LogP contribution is 2.38. The van der Waals surface area contributed by atoms with Crippen LogP contribution in [-0.2, 0) is 0 Å². The Labute approximate surface area is 163 Å². The number of benzene rings is 2. The van der Waals surface area contributed by atoms with Crippen LogP contribution in [-0.4, -0.2) is 31.1 Å². The highest BCUT2D eigenvalue weighted by atomic mass is 16.5. The minimum atomic E-state index is -0.125. The molecule has 0 atom stereocenters. The zero-order valence-corrected chi connectivity index (χ0v) is 16.5. The monoisotopic (exact) mass is 380 g/mol. The molecule has 0 spiro atoms. The lowest BCUT2D eigenvalue weighted by Crippen LogP contribution is -2.34. The van der Waals surface area contributed by atoms with Crippen molar-refractivity contribution < 1.29 is 14.2 Å². The van der Waals surface area contributed by atoms with Gasteiger partial charge in [-0.1, -0.05) is 31.2 Å². The molecule has 6 heteroatoms. The van der Waals surface area contributed by atoms with E-state index < -0.39 is 0 Å². The Kier molecular flexibility index (Phi) is 5.89. The van der Waals surface area contributed by atoms with Gasteiger partial charge in [0, 0.05) is 0 Å². The highest BCUT2D eigenvalue weighted by Gasteiger charge is 2.13. The van der Waals surface area contributed by atoms with Gasteiger partial charge >= 0.3 is 0 Å². The zero-order chi connectivity index (χ0) is 20.1. The first-order chi connectivity index (χ1) is 13.6. The van der Waals surface area contributed by atoms with Gasteiger partial charge in [0.15, 0.2) is 11.5 Å². The number of nitrogens with zero attached hydrogens (tertiary/aromatic N) is 1. The Morgan fingerprint density at radius 2 is 1.64 bits per heavy atom. The second kappa shape index (κ2) is 8.52. The van der Waals surface area contributed by atoms with E-state index >= 15 is 0 Å². The van der Waals surface area contributed by atoms with Crippen LogP contribution in [0.2, 0.25) is 0 Å². The van der Waals surface area contributed by atoms with Gasteiger partial charge in [-0.3, -0.25) is 9.89 Å². The largest absolute Gasteiger partial charge is 0.493 e. The van der Waals surface area contributed by atoms with Crippen molar-refractivity contribution in [1.29, 1.82) is 0 Å². The van der Waals surface area contributed by atoms with Crippen LogP contribution in [0.1, 0.15) is 18.9 Å². The van der Waals surface area contributed by atoms with Crippen molar-refractivity contribution in [2.75, 3.05) is 21.3 Å². The van der Waals surface area contributed by atoms with Gasteiger partial charge in [-0.2, -0.15) is 0 Å². The van der Waals surface area contributed by atoms with E-state index in [4.69, 9.17) is 14.2 Å². The fourth-order valence-corrected chi connectivity index (χ4v) is 3.08. The lowest BCUT2D eigenvalue weighted by molar-refractivity contribution is 0.324. The maximum atomic E-state index is 13.1. The Hall–Kier alpha value is -3.41. The fraction of sp³-hybridized carbons (Fsp3) is 0.227. The number of H-pyrrole nitrogens is 1. The molecule has 1 heterocycles. The van der Waals surface area contributed by atoms with Crippen LogP contribution in [0.25, 0.3) is 17.8 Å². The molecule has 0 saturated carbocycles. The van der Waals surface area contributed by atoms with Gasteiger partial charge in [-0.25, -0.2) is 4.68 Å². The van der Waals surface area contributed by atoms with Crippen molar-refractivity contribution in [3.63, 3.8) is 0 Å². The van der Waals surface area contributed by atoms with Crippen LogP contribution in [0.4, 0.5) is 0 Å². The second-order valence-corrected chi connectivity index (χ2v) is 6.13. The van der Waals surface area contributed by atoms with Crippen LogP contribution >= 0.6 is 0 Å². The molecule has 0 amide bonds. The first kappa shape index (κ1) is 19.4. The first-order valence-electron chi connectivity index (χ1n) is 9.01. The summed E-state index contributed by atoms with van der Waals surface area (Å²) in [6.45, 7) is 2.03. The quantitative estimate of drug-likeness (QED) is 0.712. The smallest absolute Gasteiger partial charge is 0.279 e. The van der Waals surface area contributed by atoms with Gasteiger partial charge in [0.1, 0.15) is 0 Å². The number of nitrogens with one attached hydrogen (secondary N) is 1. The van der Waals surface area contributed by atoms with Crippen LogP contribution in [0.3, 0.4) is 0 Å². The standard InChI is InChI=1S/C22H24N2O4/c1-5-9-18-17(22(25)24(23-18)16-10-7-6-8-11-16)12-15-13-19(26-2)21(28-4)20(14-15)27-3/h6-14,23H,5H2,1-4H3. The summed E-state index contributed by atoms with van der Waals surface area (Å²) in [5, 5.41) is 4.54. The number of hydrogen-bond donors (Lipinski definition) is 1. The SMILES string of the molecule is CCC=c1[nH]n(-c2ccccc2)c(=O)c1=Cc1cc(OC)c(OC)c(OC)c1. The summed E-state index contributed by atoms with van der Waals surface area (Å²) in [7, 11) is 4.69. The molecule has 0 saturated heterocycles. The molecular formula is C22H24N2O4. The molecule has 0 aliphatic carbocycles. The minimum absolute atomic E-state index is 0.125. The van der Waals surface area contributed by atoms with E-state index in [2.05, 4.69) is 5.10 Å². The molecule has 6 nitrogen and oxygen atoms in total. The Bertz CT molecular complexity index is 1100. The highest BCUT2D eigenvalue weighted by molar-refractivity contribution is 5.62. The molecule has 0 unspecified atom stereocenters. The average molecular weight is 380 g/mol. The van der Waals surface area contributed by atoms with E-state index in [1.54, 1.807) is 26.0 Å². The van der Waals surface area contributed by atoms with E-state index in [9.17, 15) is 4.79 Å². The fourth-order valence-electron chi connectivity index (χ4n) is 3.08. The first-order valence-corrected chi connectivity index (χ1v) is 9.01. The summed E-state index contributed by atoms with van der Waals surface area (Å²) in [5.74, 6) is 1.58. The number of aromatic amines is 1. The summed E-state index contributed by atoms with van der Waals surface area (Å²) in [6, 6.07) is 13.1. The molecule has 0 bridgehead atoms. The van der Waals surface area contributed by atoms with Gasteiger partial charge in [-0.15, -0.1) is 0 Å². The van der Waals surface area contributed by atoms with Crippen LogP contribution in [0.15, 0.2) is 47.3 Å². The Morgan fingerprint density at radius 1 is 1.00 bits per heavy atom. The Morgan fingerprint density at radius 3 is 2.18 bits per heavy atom. The summed E-state index contributed by atoms with van der Waals surface area (Å²) < 4.78 is 17.7. The molecule has 0 aliphatic heterocycles. The molecule has 0 radical (unpaired) electrons. The molecule has 3 aromatic rings. The lowest BCUT2D eigenvalue weighted by Gasteiger charge is -2.12. The maximum absolute atomic E-state index is 13.1. The van der Waals surface area contributed by atoms with Crippen molar-refractivity contribution in [3.05, 3.63) is 68.9 Å². The normalized spacial score (nSPS) is 12.3. The number of methoxy groups -OCH3 is 3. The molecule has 2 aromatic carbocycles. The molecule has 3 rings (SSSR count). The molecule has 0 aliphatic rings. The summed E-state index contributed by atoms with van der Waals surface area (Å²) in [5.41, 5.74) is 1.43. The van der Waals surface area contributed by atoms with Gasteiger partial charge in [0.2, 0.25) is 5.75 Å². The van der Waals surface area contributed by atoms with Crippen LogP contribution in [0, 0.1) is 0 Å². The van der Waals surface area contributed by atoms with E-state index in [0.717, 1.165) is 23.0 Å². The number of para-hydroxylation sites is 1. The third kappa shape index (κ3) is 3.67. The second-order valence-electron chi connectivity index (χ2n) is 6.13. The third-order valence-electron chi connectivity index (χ3n) is 4.38. The third-order valence-corrected chi connectivity index (χ3v) is 4.38. The number of ether oxygens (including phenoxy) is 3. The molecular weight excluding hydrogens is 356 g/mol. The topological polar surface area (TPSA) is 65.5 Å². The van der Waals surface area contributed by atoms with Crippen molar-refractivity contribution >= 4 is 12.2 Å². The van der Waals surface area contributed by atoms with E-state index in [0.29, 0.717) is 22.5 Å². The van der Waals surface area contributed by atoms with Gasteiger partial charge in [-0.05, 0) is 42.3 Å². The molecule has 28 heavy (non-hydrogen) atoms. The van der Waals surface area contributed by atoms with Gasteiger partial charge in [0.05, 0.1) is 37.6 Å². The molecule has 1 aromatic heterocycles. The zero-order valence-electron chi connectivity index (χ0n) is 16.5. The van der Waals surface area contributed by atoms with E-state index in [1.807, 2.05) is 61.5 Å². The summed E-state index contributed by atoms with van der Waals surface area (Å²) in [6.07, 6.45) is 4.61. The van der Waals surface area contributed by atoms with Crippen molar-refractivity contribution in [2.45, 2.75) is 13.3 Å². The van der Waals surface area contributed by atoms with Gasteiger partial charge in [0.25, 0.3) is 5.56 Å². The summed E-state index contributed by atoms with van der Waals surface area (Å²) >= 11 is 0. The van der Waals surface area contributed by atoms with Crippen molar-refractivity contribution in [2.24, 2.45) is 0 Å². The number of aromatic nitrogens is 2.